The van der Waals surface area contributed by atoms with Crippen LogP contribution < -0.4 is 5.32 Å². The highest BCUT2D eigenvalue weighted by molar-refractivity contribution is 7.99. The van der Waals surface area contributed by atoms with Crippen LogP contribution in [-0.4, -0.2) is 54.5 Å². The van der Waals surface area contributed by atoms with Gasteiger partial charge in [-0.15, -0.1) is 0 Å². The van der Waals surface area contributed by atoms with Crippen LogP contribution in [0, 0.1) is 0 Å². The van der Waals surface area contributed by atoms with Crippen LogP contribution in [0.25, 0.3) is 0 Å². The fourth-order valence-electron chi connectivity index (χ4n) is 2.18. The minimum Gasteiger partial charge on any atom is -0.378 e. The van der Waals surface area contributed by atoms with Crippen molar-refractivity contribution in [3.05, 3.63) is 29.8 Å². The normalized spacial score (nSPS) is 14.7. The van der Waals surface area contributed by atoms with Gasteiger partial charge in [0.1, 0.15) is 0 Å². The van der Waals surface area contributed by atoms with Crippen LogP contribution in [0.15, 0.2) is 24.3 Å². The van der Waals surface area contributed by atoms with Gasteiger partial charge in [-0.2, -0.15) is 11.8 Å². The molecule has 0 bridgehead atoms. The quantitative estimate of drug-likeness (QED) is 0.816. The zero-order valence-electron chi connectivity index (χ0n) is 12.8. The third-order valence-electron chi connectivity index (χ3n) is 3.39. The van der Waals surface area contributed by atoms with Gasteiger partial charge >= 0.3 is 0 Å². The van der Waals surface area contributed by atoms with Gasteiger partial charge in [-0.05, 0) is 30.0 Å². The predicted molar refractivity (Wildman–Crippen MR) is 89.4 cm³/mol. The molecule has 0 radical (unpaired) electrons. The molecule has 1 fully saturated rings. The number of hydrogen-bond acceptors (Lipinski definition) is 4. The Balaban J connectivity index is 1.86. The number of ether oxygens (including phenoxy) is 1. The summed E-state index contributed by atoms with van der Waals surface area (Å²) in [6.45, 7) is 4.52. The van der Waals surface area contributed by atoms with E-state index in [-0.39, 0.29) is 11.8 Å². The molecule has 6 heteroatoms. The fraction of sp³-hybridized carbons (Fsp3) is 0.500. The second-order valence-corrected chi connectivity index (χ2v) is 6.37. The summed E-state index contributed by atoms with van der Waals surface area (Å²) in [6, 6.07) is 7.07. The lowest BCUT2D eigenvalue weighted by atomic mass is 10.1. The monoisotopic (exact) mass is 322 g/mol. The number of amides is 2. The van der Waals surface area contributed by atoms with Crippen molar-refractivity contribution >= 4 is 29.3 Å². The highest BCUT2D eigenvalue weighted by Gasteiger charge is 2.18. The van der Waals surface area contributed by atoms with E-state index < -0.39 is 0 Å². The number of carbonyl (C=O) groups is 2. The standard InChI is InChI=1S/C16H22N2O3S/c1-2-22-12-7-15(19)17-14-5-3-13(4-6-14)16(20)18-8-10-21-11-9-18/h3-6H,2,7-12H2,1H3,(H,17,19). The molecule has 2 rings (SSSR count). The van der Waals surface area contributed by atoms with Gasteiger partial charge in [-0.3, -0.25) is 9.59 Å². The van der Waals surface area contributed by atoms with Crippen LogP contribution in [0.4, 0.5) is 5.69 Å². The van der Waals surface area contributed by atoms with Crippen molar-refractivity contribution in [3.63, 3.8) is 0 Å². The van der Waals surface area contributed by atoms with Crippen molar-refractivity contribution in [2.24, 2.45) is 0 Å². The topological polar surface area (TPSA) is 58.6 Å². The Morgan fingerprint density at radius 1 is 1.23 bits per heavy atom. The number of nitrogens with zero attached hydrogens (tertiary/aromatic N) is 1. The Morgan fingerprint density at radius 3 is 2.55 bits per heavy atom. The van der Waals surface area contributed by atoms with Crippen molar-refractivity contribution in [2.45, 2.75) is 13.3 Å². The molecule has 5 nitrogen and oxygen atoms in total. The van der Waals surface area contributed by atoms with Gasteiger partial charge in [-0.1, -0.05) is 6.92 Å². The van der Waals surface area contributed by atoms with Gasteiger partial charge in [0.05, 0.1) is 13.2 Å². The van der Waals surface area contributed by atoms with Crippen molar-refractivity contribution in [3.8, 4) is 0 Å². The first-order valence-electron chi connectivity index (χ1n) is 7.55. The number of carbonyl (C=O) groups excluding carboxylic acids is 2. The molecule has 1 aromatic carbocycles. The van der Waals surface area contributed by atoms with Gasteiger partial charge in [0, 0.05) is 36.5 Å². The Kier molecular flexibility index (Phi) is 6.74. The Labute approximate surface area is 135 Å². The minimum atomic E-state index is 0.00760. The summed E-state index contributed by atoms with van der Waals surface area (Å²) >= 11 is 1.75. The predicted octanol–water partition coefficient (Wildman–Crippen LogP) is 2.24. The van der Waals surface area contributed by atoms with Crippen LogP contribution in [0.2, 0.25) is 0 Å². The number of morpholine rings is 1. The van der Waals surface area contributed by atoms with E-state index in [1.807, 2.05) is 0 Å². The lowest BCUT2D eigenvalue weighted by molar-refractivity contribution is -0.115. The molecular weight excluding hydrogens is 300 g/mol. The van der Waals surface area contributed by atoms with Crippen LogP contribution in [0.5, 0.6) is 0 Å². The molecule has 120 valence electrons. The molecule has 1 aromatic rings. The number of nitrogens with one attached hydrogen (secondary N) is 1. The number of rotatable bonds is 6. The summed E-state index contributed by atoms with van der Waals surface area (Å²) in [5.74, 6) is 1.87. The van der Waals surface area contributed by atoms with E-state index in [9.17, 15) is 9.59 Å². The van der Waals surface area contributed by atoms with E-state index in [0.29, 0.717) is 38.3 Å². The highest BCUT2D eigenvalue weighted by Crippen LogP contribution is 2.13. The molecular formula is C16H22N2O3S. The molecule has 0 saturated carbocycles. The first-order valence-corrected chi connectivity index (χ1v) is 8.71. The van der Waals surface area contributed by atoms with E-state index in [1.54, 1.807) is 40.9 Å². The highest BCUT2D eigenvalue weighted by atomic mass is 32.2. The molecule has 0 aliphatic carbocycles. The first kappa shape index (κ1) is 16.8. The molecule has 0 atom stereocenters. The van der Waals surface area contributed by atoms with Crippen LogP contribution in [0.1, 0.15) is 23.7 Å². The molecule has 0 aromatic heterocycles. The summed E-state index contributed by atoms with van der Waals surface area (Å²) in [7, 11) is 0. The first-order chi connectivity index (χ1) is 10.7. The fourth-order valence-corrected chi connectivity index (χ4v) is 2.80. The average Bonchev–Trinajstić information content (AvgIpc) is 2.56. The van der Waals surface area contributed by atoms with E-state index in [4.69, 9.17) is 4.74 Å². The van der Waals surface area contributed by atoms with Gasteiger partial charge in [0.25, 0.3) is 5.91 Å². The molecule has 22 heavy (non-hydrogen) atoms. The maximum Gasteiger partial charge on any atom is 0.254 e. The molecule has 2 amide bonds. The largest absolute Gasteiger partial charge is 0.378 e. The second-order valence-electron chi connectivity index (χ2n) is 4.98. The van der Waals surface area contributed by atoms with Crippen LogP contribution >= 0.6 is 11.8 Å². The smallest absolute Gasteiger partial charge is 0.254 e. The summed E-state index contributed by atoms with van der Waals surface area (Å²) in [5.41, 5.74) is 1.37. The molecule has 1 saturated heterocycles. The van der Waals surface area contributed by atoms with E-state index in [0.717, 1.165) is 17.2 Å². The van der Waals surface area contributed by atoms with Gasteiger partial charge in [0.15, 0.2) is 0 Å². The zero-order valence-corrected chi connectivity index (χ0v) is 13.7. The summed E-state index contributed by atoms with van der Waals surface area (Å²) in [6.07, 6.45) is 0.507. The van der Waals surface area contributed by atoms with E-state index in [1.165, 1.54) is 0 Å². The third-order valence-corrected chi connectivity index (χ3v) is 4.29. The maximum absolute atomic E-state index is 12.3. The van der Waals surface area contributed by atoms with E-state index in [2.05, 4.69) is 12.2 Å². The summed E-state index contributed by atoms with van der Waals surface area (Å²) in [4.78, 5) is 25.8. The SMILES string of the molecule is CCSCCC(=O)Nc1ccc(C(=O)N2CCOCC2)cc1. The molecule has 1 N–H and O–H groups in total. The number of hydrogen-bond donors (Lipinski definition) is 1. The molecule has 1 aliphatic heterocycles. The Morgan fingerprint density at radius 2 is 1.91 bits per heavy atom. The zero-order chi connectivity index (χ0) is 15.8. The van der Waals surface area contributed by atoms with Crippen LogP contribution in [0.3, 0.4) is 0 Å². The number of thioether (sulfide) groups is 1. The molecule has 0 unspecified atom stereocenters. The Bertz CT molecular complexity index is 499. The molecule has 1 heterocycles. The number of benzene rings is 1. The van der Waals surface area contributed by atoms with Crippen molar-refractivity contribution in [1.82, 2.24) is 4.90 Å². The molecule has 0 spiro atoms. The van der Waals surface area contributed by atoms with Gasteiger partial charge in [0.2, 0.25) is 5.91 Å². The maximum atomic E-state index is 12.3. The number of anilines is 1. The van der Waals surface area contributed by atoms with Gasteiger partial charge in [-0.25, -0.2) is 0 Å². The van der Waals surface area contributed by atoms with Crippen LogP contribution in [-0.2, 0) is 9.53 Å². The lowest BCUT2D eigenvalue weighted by Crippen LogP contribution is -2.40. The summed E-state index contributed by atoms with van der Waals surface area (Å²) in [5, 5.41) is 2.85. The third kappa shape index (κ3) is 5.03. The van der Waals surface area contributed by atoms with Gasteiger partial charge < -0.3 is 15.0 Å². The second kappa shape index (κ2) is 8.80. The average molecular weight is 322 g/mol. The summed E-state index contributed by atoms with van der Waals surface area (Å²) < 4.78 is 5.25. The van der Waals surface area contributed by atoms with Crippen molar-refractivity contribution < 1.29 is 14.3 Å². The Hall–Kier alpha value is -1.53. The van der Waals surface area contributed by atoms with Crippen molar-refractivity contribution in [1.29, 1.82) is 0 Å². The molecule has 1 aliphatic rings. The minimum absolute atomic E-state index is 0.00760. The lowest BCUT2D eigenvalue weighted by Gasteiger charge is -2.26. The van der Waals surface area contributed by atoms with E-state index >= 15 is 0 Å². The van der Waals surface area contributed by atoms with Crippen molar-refractivity contribution in [2.75, 3.05) is 43.1 Å².